The van der Waals surface area contributed by atoms with Gasteiger partial charge < -0.3 is 20.4 Å². The zero-order valence-corrected chi connectivity index (χ0v) is 13.3. The zero-order valence-electron chi connectivity index (χ0n) is 13.3. The summed E-state index contributed by atoms with van der Waals surface area (Å²) in [4.78, 5) is 28.9. The smallest absolute Gasteiger partial charge is 0.227 e. The van der Waals surface area contributed by atoms with Gasteiger partial charge in [-0.05, 0) is 29.7 Å². The summed E-state index contributed by atoms with van der Waals surface area (Å²) < 4.78 is 5.25. The maximum atomic E-state index is 12.6. The summed E-state index contributed by atoms with van der Waals surface area (Å²) in [5, 5.41) is 0.983. The number of nitrogens with zero attached hydrogens (tertiary/aromatic N) is 1. The van der Waals surface area contributed by atoms with E-state index in [2.05, 4.69) is 4.98 Å². The summed E-state index contributed by atoms with van der Waals surface area (Å²) in [6, 6.07) is 5.74. The predicted octanol–water partition coefficient (Wildman–Crippen LogP) is 1.30. The summed E-state index contributed by atoms with van der Waals surface area (Å²) >= 11 is 0. The highest BCUT2D eigenvalue weighted by Gasteiger charge is 2.35. The van der Waals surface area contributed by atoms with Crippen LogP contribution in [0.4, 0.5) is 0 Å². The first-order chi connectivity index (χ1) is 11.0. The van der Waals surface area contributed by atoms with Gasteiger partial charge in [-0.15, -0.1) is 0 Å². The number of ether oxygens (including phenoxy) is 1. The highest BCUT2D eigenvalue weighted by molar-refractivity contribution is 5.90. The van der Waals surface area contributed by atoms with Crippen LogP contribution in [0.1, 0.15) is 12.5 Å². The monoisotopic (exact) mass is 315 g/mol. The van der Waals surface area contributed by atoms with E-state index in [1.54, 1.807) is 12.0 Å². The average Bonchev–Trinajstić information content (AvgIpc) is 3.11. The van der Waals surface area contributed by atoms with E-state index in [1.807, 2.05) is 31.3 Å². The highest BCUT2D eigenvalue weighted by Crippen LogP contribution is 2.26. The molecule has 0 radical (unpaired) electrons. The normalized spacial score (nSPS) is 20.9. The summed E-state index contributed by atoms with van der Waals surface area (Å²) in [5.41, 5.74) is 7.30. The summed E-state index contributed by atoms with van der Waals surface area (Å²) in [6.45, 7) is 2.96. The van der Waals surface area contributed by atoms with E-state index in [9.17, 15) is 9.59 Å². The molecule has 3 rings (SSSR count). The number of aromatic amines is 1. The van der Waals surface area contributed by atoms with Crippen molar-refractivity contribution in [1.82, 2.24) is 9.88 Å². The second-order valence-corrected chi connectivity index (χ2v) is 6.19. The van der Waals surface area contributed by atoms with Crippen LogP contribution in [0.2, 0.25) is 0 Å². The van der Waals surface area contributed by atoms with Crippen LogP contribution in [0.15, 0.2) is 24.4 Å². The zero-order chi connectivity index (χ0) is 16.6. The number of rotatable bonds is 4. The van der Waals surface area contributed by atoms with Gasteiger partial charge in [0.2, 0.25) is 11.8 Å². The lowest BCUT2D eigenvalue weighted by molar-refractivity contribution is -0.129. The number of methoxy groups -OCH3 is 1. The lowest BCUT2D eigenvalue weighted by Crippen LogP contribution is -2.32. The topological polar surface area (TPSA) is 88.4 Å². The molecule has 2 heterocycles. The van der Waals surface area contributed by atoms with Gasteiger partial charge in [-0.1, -0.05) is 6.92 Å². The minimum atomic E-state index is -0.329. The molecule has 122 valence electrons. The van der Waals surface area contributed by atoms with Gasteiger partial charge in [0.15, 0.2) is 0 Å². The van der Waals surface area contributed by atoms with Crippen molar-refractivity contribution in [2.75, 3.05) is 20.2 Å². The Balaban J connectivity index is 1.77. The maximum absolute atomic E-state index is 12.6. The molecule has 1 saturated heterocycles. The third-order valence-electron chi connectivity index (χ3n) is 4.65. The third-order valence-corrected chi connectivity index (χ3v) is 4.65. The van der Waals surface area contributed by atoms with E-state index in [-0.39, 0.29) is 23.7 Å². The molecule has 2 amide bonds. The Morgan fingerprint density at radius 1 is 1.39 bits per heavy atom. The van der Waals surface area contributed by atoms with Gasteiger partial charge in [0, 0.05) is 30.2 Å². The van der Waals surface area contributed by atoms with Crippen LogP contribution in [-0.2, 0) is 16.0 Å². The molecule has 6 heteroatoms. The molecule has 1 aliphatic heterocycles. The molecule has 23 heavy (non-hydrogen) atoms. The number of carbonyl (C=O) groups is 2. The second kappa shape index (κ2) is 5.95. The number of aromatic nitrogens is 1. The molecule has 6 nitrogen and oxygen atoms in total. The van der Waals surface area contributed by atoms with Gasteiger partial charge in [-0.25, -0.2) is 0 Å². The Kier molecular flexibility index (Phi) is 3.98. The number of H-pyrrole nitrogens is 1. The molecule has 1 aromatic heterocycles. The standard InChI is InChI=1S/C17H21N3O3/c1-10-8-20(9-14(10)17(18)22)16(21)5-11-7-19-15-4-3-12(23-2)6-13(11)15/h3-4,6-7,10,14,19H,5,8-9H2,1-2H3,(H2,18,22)/t10-,14-/m1/s1. The molecule has 1 fully saturated rings. The van der Waals surface area contributed by atoms with E-state index >= 15 is 0 Å². The molecule has 0 aliphatic carbocycles. The van der Waals surface area contributed by atoms with Crippen molar-refractivity contribution in [3.63, 3.8) is 0 Å². The van der Waals surface area contributed by atoms with E-state index in [0.29, 0.717) is 19.5 Å². The fraction of sp³-hybridized carbons (Fsp3) is 0.412. The van der Waals surface area contributed by atoms with Crippen molar-refractivity contribution >= 4 is 22.7 Å². The first-order valence-corrected chi connectivity index (χ1v) is 7.70. The fourth-order valence-corrected chi connectivity index (χ4v) is 3.25. The Morgan fingerprint density at radius 2 is 2.17 bits per heavy atom. The number of fused-ring (bicyclic) bond motifs is 1. The van der Waals surface area contributed by atoms with Crippen molar-refractivity contribution in [3.8, 4) is 5.75 Å². The molecule has 0 spiro atoms. The van der Waals surface area contributed by atoms with Crippen LogP contribution in [0.3, 0.4) is 0 Å². The second-order valence-electron chi connectivity index (χ2n) is 6.19. The largest absolute Gasteiger partial charge is 0.497 e. The van der Waals surface area contributed by atoms with Gasteiger partial charge in [0.25, 0.3) is 0 Å². The number of nitrogens with one attached hydrogen (secondary N) is 1. The molecule has 2 atom stereocenters. The number of nitrogens with two attached hydrogens (primary N) is 1. The Morgan fingerprint density at radius 3 is 2.83 bits per heavy atom. The van der Waals surface area contributed by atoms with E-state index < -0.39 is 0 Å². The number of primary amides is 1. The van der Waals surface area contributed by atoms with Gasteiger partial charge >= 0.3 is 0 Å². The van der Waals surface area contributed by atoms with Crippen LogP contribution in [0.5, 0.6) is 5.75 Å². The Bertz CT molecular complexity index is 753. The molecule has 1 aliphatic rings. The Hall–Kier alpha value is -2.50. The van der Waals surface area contributed by atoms with Gasteiger partial charge in [-0.2, -0.15) is 0 Å². The lowest BCUT2D eigenvalue weighted by atomic mass is 9.98. The quantitative estimate of drug-likeness (QED) is 0.891. The molecule has 3 N–H and O–H groups in total. The Labute approximate surface area is 134 Å². The van der Waals surface area contributed by atoms with E-state index in [1.165, 1.54) is 0 Å². The summed E-state index contributed by atoms with van der Waals surface area (Å²) in [5.74, 6) is 0.310. The van der Waals surface area contributed by atoms with E-state index in [0.717, 1.165) is 22.2 Å². The van der Waals surface area contributed by atoms with E-state index in [4.69, 9.17) is 10.5 Å². The van der Waals surface area contributed by atoms with Gasteiger partial charge in [-0.3, -0.25) is 9.59 Å². The van der Waals surface area contributed by atoms with Crippen LogP contribution < -0.4 is 10.5 Å². The third kappa shape index (κ3) is 2.88. The molecular weight excluding hydrogens is 294 g/mol. The first kappa shape index (κ1) is 15.4. The number of benzene rings is 1. The molecule has 0 unspecified atom stereocenters. The van der Waals surface area contributed by atoms with Crippen LogP contribution in [-0.4, -0.2) is 41.9 Å². The van der Waals surface area contributed by atoms with Crippen LogP contribution >= 0.6 is 0 Å². The van der Waals surface area contributed by atoms with Crippen molar-refractivity contribution < 1.29 is 14.3 Å². The number of amides is 2. The molecule has 0 saturated carbocycles. The molecule has 1 aromatic carbocycles. The van der Waals surface area contributed by atoms with Crippen molar-refractivity contribution in [1.29, 1.82) is 0 Å². The number of likely N-dealkylation sites (tertiary alicyclic amines) is 1. The molecule has 2 aromatic rings. The maximum Gasteiger partial charge on any atom is 0.227 e. The predicted molar refractivity (Wildman–Crippen MR) is 87.0 cm³/mol. The van der Waals surface area contributed by atoms with Crippen LogP contribution in [0.25, 0.3) is 10.9 Å². The summed E-state index contributed by atoms with van der Waals surface area (Å²) in [6.07, 6.45) is 2.15. The van der Waals surface area contributed by atoms with Crippen molar-refractivity contribution in [2.45, 2.75) is 13.3 Å². The minimum absolute atomic E-state index is 0.0179. The molecule has 0 bridgehead atoms. The van der Waals surface area contributed by atoms with Gasteiger partial charge in [0.05, 0.1) is 19.4 Å². The lowest BCUT2D eigenvalue weighted by Gasteiger charge is -2.15. The first-order valence-electron chi connectivity index (χ1n) is 7.70. The van der Waals surface area contributed by atoms with Gasteiger partial charge in [0.1, 0.15) is 5.75 Å². The number of carbonyl (C=O) groups excluding carboxylic acids is 2. The minimum Gasteiger partial charge on any atom is -0.497 e. The average molecular weight is 315 g/mol. The van der Waals surface area contributed by atoms with Crippen LogP contribution in [0, 0.1) is 11.8 Å². The van der Waals surface area contributed by atoms with Crippen molar-refractivity contribution in [3.05, 3.63) is 30.0 Å². The SMILES string of the molecule is COc1ccc2[nH]cc(CC(=O)N3C[C@@H](C)[C@H](C(N)=O)C3)c2c1. The highest BCUT2D eigenvalue weighted by atomic mass is 16.5. The van der Waals surface area contributed by atoms with Crippen molar-refractivity contribution in [2.24, 2.45) is 17.6 Å². The summed E-state index contributed by atoms with van der Waals surface area (Å²) in [7, 11) is 1.62. The fourth-order valence-electron chi connectivity index (χ4n) is 3.25. The number of hydrogen-bond acceptors (Lipinski definition) is 3. The number of hydrogen-bond donors (Lipinski definition) is 2. The molecular formula is C17H21N3O3.